The quantitative estimate of drug-likeness (QED) is 0.593. The van der Waals surface area contributed by atoms with Crippen LogP contribution in [0.4, 0.5) is 4.79 Å². The highest BCUT2D eigenvalue weighted by Gasteiger charge is 2.32. The second kappa shape index (κ2) is 10.5. The van der Waals surface area contributed by atoms with Gasteiger partial charge in [-0.3, -0.25) is 9.59 Å². The zero-order valence-electron chi connectivity index (χ0n) is 19.6. The van der Waals surface area contributed by atoms with Crippen molar-refractivity contribution in [1.29, 1.82) is 0 Å². The Morgan fingerprint density at radius 2 is 1.52 bits per heavy atom. The van der Waals surface area contributed by atoms with Crippen molar-refractivity contribution in [2.75, 3.05) is 13.2 Å². The van der Waals surface area contributed by atoms with Crippen LogP contribution in [-0.4, -0.2) is 53.2 Å². The zero-order chi connectivity index (χ0) is 24.1. The third-order valence-corrected chi connectivity index (χ3v) is 5.85. The number of benzene rings is 2. The molecule has 1 aliphatic carbocycles. The largest absolute Gasteiger partial charge is 0.480 e. The summed E-state index contributed by atoms with van der Waals surface area (Å²) in [5.41, 5.74) is 4.48. The Balaban J connectivity index is 1.71. The molecule has 2 N–H and O–H groups in total. The van der Waals surface area contributed by atoms with Gasteiger partial charge in [-0.05, 0) is 48.4 Å². The number of carboxylic acids is 1. The molecule has 33 heavy (non-hydrogen) atoms. The van der Waals surface area contributed by atoms with Gasteiger partial charge >= 0.3 is 12.1 Å². The molecule has 1 atom stereocenters. The molecular weight excluding hydrogens is 420 g/mol. The molecule has 0 unspecified atom stereocenters. The minimum Gasteiger partial charge on any atom is -0.480 e. The van der Waals surface area contributed by atoms with Gasteiger partial charge in [-0.1, -0.05) is 62.4 Å². The number of carbonyl (C=O) groups excluding carboxylic acids is 2. The van der Waals surface area contributed by atoms with Crippen LogP contribution in [0.15, 0.2) is 48.5 Å². The van der Waals surface area contributed by atoms with Gasteiger partial charge in [0.25, 0.3) is 0 Å². The molecule has 7 heteroatoms. The molecule has 0 bridgehead atoms. The van der Waals surface area contributed by atoms with Crippen LogP contribution in [0.1, 0.15) is 51.2 Å². The molecule has 2 aromatic rings. The average molecular weight is 453 g/mol. The fourth-order valence-corrected chi connectivity index (χ4v) is 4.34. The lowest BCUT2D eigenvalue weighted by molar-refractivity contribution is -0.146. The second-order valence-electron chi connectivity index (χ2n) is 9.11. The Labute approximate surface area is 194 Å². The summed E-state index contributed by atoms with van der Waals surface area (Å²) in [5.74, 6) is -1.48. The molecule has 0 saturated heterocycles. The molecule has 0 saturated carbocycles. The Kier molecular flexibility index (Phi) is 7.74. The normalized spacial score (nSPS) is 13.4. The van der Waals surface area contributed by atoms with Gasteiger partial charge in [0, 0.05) is 12.0 Å². The third-order valence-electron chi connectivity index (χ3n) is 5.85. The lowest BCUT2D eigenvalue weighted by Gasteiger charge is -2.30. The molecule has 0 spiro atoms. The number of ether oxygens (including phenoxy) is 1. The van der Waals surface area contributed by atoms with E-state index in [4.69, 9.17) is 4.74 Å². The average Bonchev–Trinajstić information content (AvgIpc) is 3.08. The van der Waals surface area contributed by atoms with Crippen molar-refractivity contribution in [3.05, 3.63) is 59.7 Å². The highest BCUT2D eigenvalue weighted by Crippen LogP contribution is 2.44. The van der Waals surface area contributed by atoms with E-state index in [1.54, 1.807) is 13.8 Å². The van der Waals surface area contributed by atoms with E-state index in [1.807, 2.05) is 50.2 Å². The van der Waals surface area contributed by atoms with Crippen molar-refractivity contribution in [3.8, 4) is 11.1 Å². The maximum atomic E-state index is 13.1. The van der Waals surface area contributed by atoms with Crippen LogP contribution >= 0.6 is 0 Å². The first-order chi connectivity index (χ1) is 15.7. The summed E-state index contributed by atoms with van der Waals surface area (Å²) < 4.78 is 5.59. The number of nitrogens with one attached hydrogen (secondary N) is 1. The van der Waals surface area contributed by atoms with Crippen LogP contribution < -0.4 is 5.32 Å². The number of fused-ring (bicyclic) bond motifs is 3. The summed E-state index contributed by atoms with van der Waals surface area (Å²) in [7, 11) is 0. The Hall–Kier alpha value is -3.35. The van der Waals surface area contributed by atoms with Gasteiger partial charge in [0.15, 0.2) is 0 Å². The van der Waals surface area contributed by atoms with Crippen LogP contribution in [0, 0.1) is 5.92 Å². The second-order valence-corrected chi connectivity index (χ2v) is 9.11. The van der Waals surface area contributed by atoms with Crippen LogP contribution in [0.5, 0.6) is 0 Å². The third kappa shape index (κ3) is 5.72. The number of hydrogen-bond donors (Lipinski definition) is 2. The van der Waals surface area contributed by atoms with E-state index in [0.29, 0.717) is 6.42 Å². The van der Waals surface area contributed by atoms with Gasteiger partial charge in [0.2, 0.25) is 5.91 Å². The molecule has 176 valence electrons. The predicted octanol–water partition coefficient (Wildman–Crippen LogP) is 4.26. The van der Waals surface area contributed by atoms with Crippen molar-refractivity contribution in [1.82, 2.24) is 10.2 Å². The molecule has 3 rings (SSSR count). The monoisotopic (exact) mass is 452 g/mol. The van der Waals surface area contributed by atoms with E-state index in [-0.39, 0.29) is 24.5 Å². The van der Waals surface area contributed by atoms with E-state index in [2.05, 4.69) is 17.4 Å². The van der Waals surface area contributed by atoms with Crippen LogP contribution in [-0.2, 0) is 14.3 Å². The number of carbonyl (C=O) groups is 3. The summed E-state index contributed by atoms with van der Waals surface area (Å²) >= 11 is 0. The minimum atomic E-state index is -1.10. The van der Waals surface area contributed by atoms with Gasteiger partial charge in [-0.15, -0.1) is 0 Å². The molecule has 2 aromatic carbocycles. The maximum absolute atomic E-state index is 13.1. The number of rotatable bonds is 9. The van der Waals surface area contributed by atoms with Crippen molar-refractivity contribution < 1.29 is 24.2 Å². The van der Waals surface area contributed by atoms with Gasteiger partial charge in [-0.25, -0.2) is 4.79 Å². The van der Waals surface area contributed by atoms with Crippen molar-refractivity contribution in [3.63, 3.8) is 0 Å². The molecule has 1 aliphatic rings. The number of aliphatic carboxylic acids is 1. The topological polar surface area (TPSA) is 95.9 Å². The molecule has 2 amide bonds. The van der Waals surface area contributed by atoms with Gasteiger partial charge in [0.05, 0.1) is 0 Å². The summed E-state index contributed by atoms with van der Waals surface area (Å²) in [6.07, 6.45) is -0.304. The Bertz CT molecular complexity index is 972. The van der Waals surface area contributed by atoms with Crippen LogP contribution in [0.25, 0.3) is 11.1 Å². The number of hydrogen-bond acceptors (Lipinski definition) is 4. The Morgan fingerprint density at radius 1 is 0.970 bits per heavy atom. The molecule has 0 aliphatic heterocycles. The number of amides is 2. The number of alkyl carbamates (subject to hydrolysis) is 1. The zero-order valence-corrected chi connectivity index (χ0v) is 19.6. The maximum Gasteiger partial charge on any atom is 0.407 e. The summed E-state index contributed by atoms with van der Waals surface area (Å²) in [4.78, 5) is 38.3. The molecular formula is C26H32N2O5. The number of nitrogens with zero attached hydrogens (tertiary/aromatic N) is 1. The molecule has 7 nitrogen and oxygen atoms in total. The van der Waals surface area contributed by atoms with E-state index >= 15 is 0 Å². The fraction of sp³-hybridized carbons (Fsp3) is 0.423. The van der Waals surface area contributed by atoms with E-state index in [1.165, 1.54) is 4.90 Å². The summed E-state index contributed by atoms with van der Waals surface area (Å²) in [6.45, 7) is 7.11. The van der Waals surface area contributed by atoms with E-state index < -0.39 is 30.6 Å². The van der Waals surface area contributed by atoms with E-state index in [9.17, 15) is 19.5 Å². The first-order valence-electron chi connectivity index (χ1n) is 11.3. The van der Waals surface area contributed by atoms with Crippen molar-refractivity contribution >= 4 is 18.0 Å². The van der Waals surface area contributed by atoms with Crippen LogP contribution in [0.2, 0.25) is 0 Å². The minimum absolute atomic E-state index is 0.0819. The lowest BCUT2D eigenvalue weighted by Crippen LogP contribution is -2.52. The highest BCUT2D eigenvalue weighted by atomic mass is 16.5. The van der Waals surface area contributed by atoms with Crippen molar-refractivity contribution in [2.45, 2.75) is 52.1 Å². The molecule has 0 aromatic heterocycles. The van der Waals surface area contributed by atoms with Crippen LogP contribution in [0.3, 0.4) is 0 Å². The summed E-state index contributed by atoms with van der Waals surface area (Å²) in [6, 6.07) is 15.0. The molecule has 0 heterocycles. The summed E-state index contributed by atoms with van der Waals surface area (Å²) in [5, 5.41) is 11.9. The Morgan fingerprint density at radius 3 is 2.00 bits per heavy atom. The molecule has 0 radical (unpaired) electrons. The highest BCUT2D eigenvalue weighted by molar-refractivity contribution is 5.88. The fourth-order valence-electron chi connectivity index (χ4n) is 4.34. The first kappa shape index (κ1) is 24.3. The van der Waals surface area contributed by atoms with Gasteiger partial charge in [-0.2, -0.15) is 0 Å². The SMILES string of the molecule is CC(C)C[C@H](NC(=O)OCC1c2ccccc2-c2ccccc21)C(=O)N(CC(=O)O)C(C)C. The van der Waals surface area contributed by atoms with Gasteiger partial charge < -0.3 is 20.1 Å². The smallest absolute Gasteiger partial charge is 0.407 e. The lowest BCUT2D eigenvalue weighted by atomic mass is 9.98. The standard InChI is InChI=1S/C26H32N2O5/c1-16(2)13-23(25(31)28(17(3)4)14-24(29)30)27-26(32)33-15-22-20-11-7-5-9-18(20)19-10-6-8-12-21(19)22/h5-12,16-17,22-23H,13-15H2,1-4H3,(H,27,32)(H,29,30)/t23-/m0/s1. The number of carboxylic acid groups (broad SMARTS) is 1. The van der Waals surface area contributed by atoms with Gasteiger partial charge in [0.1, 0.15) is 19.2 Å². The predicted molar refractivity (Wildman–Crippen MR) is 126 cm³/mol. The first-order valence-corrected chi connectivity index (χ1v) is 11.3. The van der Waals surface area contributed by atoms with Crippen molar-refractivity contribution in [2.24, 2.45) is 5.92 Å². The molecule has 0 fully saturated rings. The van der Waals surface area contributed by atoms with E-state index in [0.717, 1.165) is 22.3 Å².